The predicted molar refractivity (Wildman–Crippen MR) is 43.9 cm³/mol. The highest BCUT2D eigenvalue weighted by Crippen LogP contribution is 2.07. The highest BCUT2D eigenvalue weighted by molar-refractivity contribution is 5.19. The van der Waals surface area contributed by atoms with E-state index >= 15 is 0 Å². The second-order valence-corrected chi connectivity index (χ2v) is 2.37. The molecule has 0 saturated heterocycles. The van der Waals surface area contributed by atoms with Crippen LogP contribution in [0.4, 0.5) is 0 Å². The third kappa shape index (κ3) is 2.90. The number of benzene rings is 1. The number of hydrogen-bond acceptors (Lipinski definition) is 3. The summed E-state index contributed by atoms with van der Waals surface area (Å²) in [4.78, 5) is 0. The summed E-state index contributed by atoms with van der Waals surface area (Å²) in [5.41, 5.74) is 0. The maximum atomic E-state index is 8.93. The van der Waals surface area contributed by atoms with Crippen LogP contribution in [0, 0.1) is 6.07 Å². The number of aliphatic hydroxyl groups excluding tert-OH is 2. The molecule has 1 aromatic carbocycles. The van der Waals surface area contributed by atoms with Crippen molar-refractivity contribution < 1.29 is 14.9 Å². The Morgan fingerprint density at radius 1 is 1.50 bits per heavy atom. The Morgan fingerprint density at radius 3 is 2.92 bits per heavy atom. The molecule has 1 aromatic rings. The zero-order valence-corrected chi connectivity index (χ0v) is 6.60. The molecule has 0 bridgehead atoms. The van der Waals surface area contributed by atoms with E-state index in [0.717, 1.165) is 0 Å². The molecule has 0 saturated carbocycles. The smallest absolute Gasteiger partial charge is 0.127 e. The molecule has 0 spiro atoms. The molecule has 12 heavy (non-hydrogen) atoms. The molecular formula is C9H11O3. The molecule has 1 unspecified atom stereocenters. The average Bonchev–Trinajstić information content (AvgIpc) is 2.16. The standard InChI is InChI=1S/C9H11O3/c10-6-8(11)7-12-9-4-2-1-3-5-9/h1-4,8,10-11H,6-7H2. The molecular weight excluding hydrogens is 156 g/mol. The SMILES string of the molecule is OCC(O)COc1[c]cccc1. The summed E-state index contributed by atoms with van der Waals surface area (Å²) in [7, 11) is 0. The minimum atomic E-state index is -0.821. The average molecular weight is 167 g/mol. The predicted octanol–water partition coefficient (Wildman–Crippen LogP) is 0.219. The van der Waals surface area contributed by atoms with Gasteiger partial charge in [0.15, 0.2) is 0 Å². The minimum Gasteiger partial charge on any atom is -0.490 e. The Balaban J connectivity index is 2.33. The quantitative estimate of drug-likeness (QED) is 0.674. The van der Waals surface area contributed by atoms with Crippen LogP contribution in [0.3, 0.4) is 0 Å². The lowest BCUT2D eigenvalue weighted by Crippen LogP contribution is -2.21. The van der Waals surface area contributed by atoms with E-state index < -0.39 is 6.10 Å². The summed E-state index contributed by atoms with van der Waals surface area (Å²) in [5.74, 6) is 0.574. The van der Waals surface area contributed by atoms with Gasteiger partial charge in [-0.2, -0.15) is 0 Å². The Bertz CT molecular complexity index is 210. The molecule has 0 aliphatic rings. The zero-order chi connectivity index (χ0) is 8.81. The first-order valence-corrected chi connectivity index (χ1v) is 3.71. The van der Waals surface area contributed by atoms with E-state index in [1.165, 1.54) is 0 Å². The van der Waals surface area contributed by atoms with E-state index in [2.05, 4.69) is 6.07 Å². The number of para-hydroxylation sites is 1. The van der Waals surface area contributed by atoms with E-state index in [0.29, 0.717) is 5.75 Å². The maximum Gasteiger partial charge on any atom is 0.127 e. The van der Waals surface area contributed by atoms with Crippen molar-refractivity contribution in [1.29, 1.82) is 0 Å². The van der Waals surface area contributed by atoms with Gasteiger partial charge >= 0.3 is 0 Å². The van der Waals surface area contributed by atoms with Gasteiger partial charge in [0.1, 0.15) is 18.5 Å². The minimum absolute atomic E-state index is 0.0943. The number of hydrogen-bond donors (Lipinski definition) is 2. The molecule has 0 aromatic heterocycles. The molecule has 3 heteroatoms. The summed E-state index contributed by atoms with van der Waals surface area (Å²) in [6, 6.07) is 9.94. The van der Waals surface area contributed by atoms with Crippen molar-refractivity contribution in [2.75, 3.05) is 13.2 Å². The summed E-state index contributed by atoms with van der Waals surface area (Å²) < 4.78 is 5.09. The van der Waals surface area contributed by atoms with Gasteiger partial charge in [-0.15, -0.1) is 0 Å². The van der Waals surface area contributed by atoms with Crippen LogP contribution in [0.25, 0.3) is 0 Å². The second-order valence-electron chi connectivity index (χ2n) is 2.37. The van der Waals surface area contributed by atoms with E-state index in [1.54, 1.807) is 12.1 Å². The third-order valence-corrected chi connectivity index (χ3v) is 1.32. The summed E-state index contributed by atoms with van der Waals surface area (Å²) in [6.07, 6.45) is -0.821. The van der Waals surface area contributed by atoms with Gasteiger partial charge in [0.25, 0.3) is 0 Å². The third-order valence-electron chi connectivity index (χ3n) is 1.32. The lowest BCUT2D eigenvalue weighted by molar-refractivity contribution is 0.0535. The molecule has 1 rings (SSSR count). The molecule has 1 radical (unpaired) electrons. The van der Waals surface area contributed by atoms with Gasteiger partial charge in [0, 0.05) is 6.07 Å². The van der Waals surface area contributed by atoms with Crippen LogP contribution in [0.5, 0.6) is 5.75 Å². The Kier molecular flexibility index (Phi) is 3.57. The summed E-state index contributed by atoms with van der Waals surface area (Å²) in [6.45, 7) is -0.191. The van der Waals surface area contributed by atoms with Crippen molar-refractivity contribution in [3.05, 3.63) is 30.3 Å². The summed E-state index contributed by atoms with van der Waals surface area (Å²) in [5, 5.41) is 17.4. The van der Waals surface area contributed by atoms with Crippen molar-refractivity contribution in [3.63, 3.8) is 0 Å². The molecule has 3 nitrogen and oxygen atoms in total. The van der Waals surface area contributed by atoms with Gasteiger partial charge in [-0.3, -0.25) is 0 Å². The fourth-order valence-corrected chi connectivity index (χ4v) is 0.705. The van der Waals surface area contributed by atoms with E-state index in [4.69, 9.17) is 14.9 Å². The molecule has 0 fully saturated rings. The summed E-state index contributed by atoms with van der Waals surface area (Å²) >= 11 is 0. The highest BCUT2D eigenvalue weighted by atomic mass is 16.5. The van der Waals surface area contributed by atoms with E-state index in [9.17, 15) is 0 Å². The molecule has 65 valence electrons. The van der Waals surface area contributed by atoms with Crippen LogP contribution in [0.2, 0.25) is 0 Å². The zero-order valence-electron chi connectivity index (χ0n) is 6.60. The molecule has 2 N–H and O–H groups in total. The molecule has 0 amide bonds. The largest absolute Gasteiger partial charge is 0.490 e. The Morgan fingerprint density at radius 2 is 2.33 bits per heavy atom. The van der Waals surface area contributed by atoms with Crippen LogP contribution in [0.1, 0.15) is 0 Å². The molecule has 0 heterocycles. The van der Waals surface area contributed by atoms with E-state index in [1.807, 2.05) is 12.1 Å². The molecule has 0 aliphatic heterocycles. The highest BCUT2D eigenvalue weighted by Gasteiger charge is 2.01. The first-order chi connectivity index (χ1) is 5.83. The van der Waals surface area contributed by atoms with Gasteiger partial charge in [0.05, 0.1) is 6.61 Å². The lowest BCUT2D eigenvalue weighted by Gasteiger charge is -2.08. The first kappa shape index (κ1) is 9.03. The van der Waals surface area contributed by atoms with Crippen LogP contribution in [-0.2, 0) is 0 Å². The number of aliphatic hydroxyl groups is 2. The topological polar surface area (TPSA) is 49.7 Å². The molecule has 0 aliphatic carbocycles. The van der Waals surface area contributed by atoms with Crippen LogP contribution >= 0.6 is 0 Å². The Labute approximate surface area is 71.2 Å². The van der Waals surface area contributed by atoms with Gasteiger partial charge in [0.2, 0.25) is 0 Å². The van der Waals surface area contributed by atoms with E-state index in [-0.39, 0.29) is 13.2 Å². The fourth-order valence-electron chi connectivity index (χ4n) is 0.705. The molecule has 1 atom stereocenters. The lowest BCUT2D eigenvalue weighted by atomic mass is 10.3. The maximum absolute atomic E-state index is 8.93. The first-order valence-electron chi connectivity index (χ1n) is 3.71. The normalized spacial score (nSPS) is 12.5. The second kappa shape index (κ2) is 4.74. The number of rotatable bonds is 4. The van der Waals surface area contributed by atoms with Crippen LogP contribution < -0.4 is 4.74 Å². The van der Waals surface area contributed by atoms with Crippen molar-refractivity contribution in [2.24, 2.45) is 0 Å². The van der Waals surface area contributed by atoms with Crippen molar-refractivity contribution >= 4 is 0 Å². The van der Waals surface area contributed by atoms with Gasteiger partial charge in [-0.25, -0.2) is 0 Å². The monoisotopic (exact) mass is 167 g/mol. The van der Waals surface area contributed by atoms with Crippen molar-refractivity contribution in [2.45, 2.75) is 6.10 Å². The Hall–Kier alpha value is -1.06. The fraction of sp³-hybridized carbons (Fsp3) is 0.333. The van der Waals surface area contributed by atoms with Gasteiger partial charge in [-0.1, -0.05) is 18.2 Å². The van der Waals surface area contributed by atoms with Crippen molar-refractivity contribution in [1.82, 2.24) is 0 Å². The van der Waals surface area contributed by atoms with Gasteiger partial charge < -0.3 is 14.9 Å². The van der Waals surface area contributed by atoms with Crippen molar-refractivity contribution in [3.8, 4) is 5.75 Å². The van der Waals surface area contributed by atoms with Gasteiger partial charge in [-0.05, 0) is 6.07 Å². The van der Waals surface area contributed by atoms with Crippen LogP contribution in [-0.4, -0.2) is 29.5 Å². The van der Waals surface area contributed by atoms with Crippen LogP contribution in [0.15, 0.2) is 24.3 Å². The number of ether oxygens (including phenoxy) is 1.